The molecule has 1 heterocycles. The molecule has 2 N–H and O–H groups in total. The van der Waals surface area contributed by atoms with Gasteiger partial charge in [0.2, 0.25) is 0 Å². The number of aromatic nitrogens is 1. The number of aryl methyl sites for hydroxylation is 1. The summed E-state index contributed by atoms with van der Waals surface area (Å²) in [4.78, 5) is 23.7. The van der Waals surface area contributed by atoms with Crippen molar-refractivity contribution in [1.82, 2.24) is 9.88 Å². The number of nitrogens with one attached hydrogen (secondary N) is 1. The van der Waals surface area contributed by atoms with E-state index >= 15 is 0 Å². The van der Waals surface area contributed by atoms with Crippen LogP contribution in [0.3, 0.4) is 0 Å². The zero-order valence-electron chi connectivity index (χ0n) is 11.2. The van der Waals surface area contributed by atoms with Gasteiger partial charge in [-0.1, -0.05) is 11.6 Å². The van der Waals surface area contributed by atoms with Crippen LogP contribution in [0, 0.1) is 17.8 Å². The molecule has 108 valence electrons. The highest BCUT2D eigenvalue weighted by Crippen LogP contribution is 2.48. The van der Waals surface area contributed by atoms with Gasteiger partial charge in [0.15, 0.2) is 0 Å². The summed E-state index contributed by atoms with van der Waals surface area (Å²) in [5.74, 6) is -0.996. The van der Waals surface area contributed by atoms with E-state index in [0.29, 0.717) is 16.6 Å². The summed E-state index contributed by atoms with van der Waals surface area (Å²) in [7, 11) is 1.75. The molecular weight excluding hydrogens is 280 g/mol. The van der Waals surface area contributed by atoms with Crippen LogP contribution in [0.15, 0.2) is 12.3 Å². The third-order valence-corrected chi connectivity index (χ3v) is 4.91. The van der Waals surface area contributed by atoms with Gasteiger partial charge in [0, 0.05) is 19.3 Å². The van der Waals surface area contributed by atoms with Crippen molar-refractivity contribution >= 4 is 23.5 Å². The second kappa shape index (κ2) is 4.81. The van der Waals surface area contributed by atoms with Crippen molar-refractivity contribution < 1.29 is 14.7 Å². The van der Waals surface area contributed by atoms with Gasteiger partial charge in [0.25, 0.3) is 5.91 Å². The molecule has 1 amide bonds. The van der Waals surface area contributed by atoms with E-state index in [4.69, 9.17) is 11.6 Å². The van der Waals surface area contributed by atoms with Gasteiger partial charge in [-0.05, 0) is 37.2 Å². The number of rotatable bonds is 3. The van der Waals surface area contributed by atoms with E-state index in [2.05, 4.69) is 5.32 Å². The minimum absolute atomic E-state index is 0.208. The molecule has 0 aromatic carbocycles. The molecule has 0 aliphatic heterocycles. The van der Waals surface area contributed by atoms with Gasteiger partial charge >= 0.3 is 5.97 Å². The van der Waals surface area contributed by atoms with Crippen molar-refractivity contribution in [3.05, 3.63) is 23.0 Å². The predicted molar refractivity (Wildman–Crippen MR) is 73.6 cm³/mol. The summed E-state index contributed by atoms with van der Waals surface area (Å²) in [5, 5.41) is 12.8. The number of halogens is 1. The van der Waals surface area contributed by atoms with Crippen LogP contribution in [0.5, 0.6) is 0 Å². The second-order valence-electron chi connectivity index (χ2n) is 5.85. The number of carboxylic acids is 1. The van der Waals surface area contributed by atoms with E-state index in [-0.39, 0.29) is 17.9 Å². The Morgan fingerprint density at radius 2 is 2.10 bits per heavy atom. The van der Waals surface area contributed by atoms with Crippen LogP contribution < -0.4 is 5.32 Å². The van der Waals surface area contributed by atoms with Crippen LogP contribution in [0.4, 0.5) is 0 Å². The Bertz CT molecular complexity index is 569. The van der Waals surface area contributed by atoms with Crippen LogP contribution in [0.2, 0.25) is 5.02 Å². The molecule has 2 saturated carbocycles. The van der Waals surface area contributed by atoms with Crippen molar-refractivity contribution in [3.8, 4) is 0 Å². The highest BCUT2D eigenvalue weighted by atomic mass is 35.5. The first-order valence-corrected chi connectivity index (χ1v) is 7.20. The van der Waals surface area contributed by atoms with E-state index in [1.165, 1.54) is 0 Å². The molecule has 6 heteroatoms. The number of carbonyl (C=O) groups excluding carboxylic acids is 1. The van der Waals surface area contributed by atoms with E-state index in [9.17, 15) is 14.7 Å². The molecule has 0 spiro atoms. The molecule has 2 aliphatic rings. The normalized spacial score (nSPS) is 31.5. The lowest BCUT2D eigenvalue weighted by molar-refractivity contribution is -0.144. The maximum atomic E-state index is 12.3. The van der Waals surface area contributed by atoms with Crippen molar-refractivity contribution in [3.63, 3.8) is 0 Å². The molecule has 4 atom stereocenters. The molecule has 3 rings (SSSR count). The van der Waals surface area contributed by atoms with Gasteiger partial charge in [-0.3, -0.25) is 9.59 Å². The number of hydrogen-bond donors (Lipinski definition) is 2. The fourth-order valence-corrected chi connectivity index (χ4v) is 4.08. The summed E-state index contributed by atoms with van der Waals surface area (Å²) in [5.41, 5.74) is 0.460. The molecule has 20 heavy (non-hydrogen) atoms. The molecular formula is C14H17ClN2O3. The van der Waals surface area contributed by atoms with Crippen LogP contribution in [-0.4, -0.2) is 27.6 Å². The minimum Gasteiger partial charge on any atom is -0.481 e. The van der Waals surface area contributed by atoms with Crippen LogP contribution in [0.25, 0.3) is 0 Å². The number of aliphatic carboxylic acids is 1. The number of carboxylic acid groups (broad SMARTS) is 1. The first-order valence-electron chi connectivity index (χ1n) is 6.83. The quantitative estimate of drug-likeness (QED) is 0.895. The third kappa shape index (κ3) is 2.10. The Balaban J connectivity index is 1.78. The first-order chi connectivity index (χ1) is 9.47. The summed E-state index contributed by atoms with van der Waals surface area (Å²) in [6.07, 6.45) is 4.54. The minimum atomic E-state index is -0.799. The highest BCUT2D eigenvalue weighted by Gasteiger charge is 2.51. The molecule has 2 aliphatic carbocycles. The Labute approximate surface area is 121 Å². The van der Waals surface area contributed by atoms with Crippen molar-refractivity contribution in [2.24, 2.45) is 24.8 Å². The molecule has 0 saturated heterocycles. The average molecular weight is 297 g/mol. The fourth-order valence-electron chi connectivity index (χ4n) is 3.83. The molecule has 5 nitrogen and oxygen atoms in total. The number of carbonyl (C=O) groups is 2. The summed E-state index contributed by atoms with van der Waals surface area (Å²) in [6.45, 7) is 0. The molecule has 2 fully saturated rings. The monoisotopic (exact) mass is 296 g/mol. The topological polar surface area (TPSA) is 71.3 Å². The van der Waals surface area contributed by atoms with E-state index in [1.807, 2.05) is 0 Å². The standard InChI is InChI=1S/C14H17ClN2O3/c1-17-6-9(15)5-10(17)13(18)16-12-8-3-2-7(4-8)11(12)14(19)20/h5-8,11-12H,2-4H2,1H3,(H,16,18)(H,19,20). The van der Waals surface area contributed by atoms with Crippen LogP contribution >= 0.6 is 11.6 Å². The van der Waals surface area contributed by atoms with Gasteiger partial charge in [0.1, 0.15) is 5.69 Å². The Kier molecular flexibility index (Phi) is 3.24. The fraction of sp³-hybridized carbons (Fsp3) is 0.571. The Morgan fingerprint density at radius 3 is 2.70 bits per heavy atom. The van der Waals surface area contributed by atoms with Crippen LogP contribution in [-0.2, 0) is 11.8 Å². The maximum Gasteiger partial charge on any atom is 0.308 e. The predicted octanol–water partition coefficient (Wildman–Crippen LogP) is 1.91. The van der Waals surface area contributed by atoms with E-state index in [0.717, 1.165) is 19.3 Å². The Hall–Kier alpha value is -1.49. The molecule has 1 aromatic heterocycles. The molecule has 4 unspecified atom stereocenters. The lowest BCUT2D eigenvalue weighted by atomic mass is 9.84. The van der Waals surface area contributed by atoms with Gasteiger partial charge in [-0.15, -0.1) is 0 Å². The average Bonchev–Trinajstić information content (AvgIpc) is 3.03. The zero-order chi connectivity index (χ0) is 14.4. The van der Waals surface area contributed by atoms with E-state index < -0.39 is 11.9 Å². The lowest BCUT2D eigenvalue weighted by Gasteiger charge is -2.28. The van der Waals surface area contributed by atoms with Crippen LogP contribution in [0.1, 0.15) is 29.8 Å². The second-order valence-corrected chi connectivity index (χ2v) is 6.29. The van der Waals surface area contributed by atoms with Gasteiger partial charge < -0.3 is 15.0 Å². The summed E-state index contributed by atoms with van der Waals surface area (Å²) in [6, 6.07) is 1.34. The number of nitrogens with zero attached hydrogens (tertiary/aromatic N) is 1. The Morgan fingerprint density at radius 1 is 1.40 bits per heavy atom. The highest BCUT2D eigenvalue weighted by molar-refractivity contribution is 6.31. The van der Waals surface area contributed by atoms with Gasteiger partial charge in [-0.25, -0.2) is 0 Å². The SMILES string of the molecule is Cn1cc(Cl)cc1C(=O)NC1C2CCC(C2)C1C(=O)O. The maximum absolute atomic E-state index is 12.3. The lowest BCUT2D eigenvalue weighted by Crippen LogP contribution is -2.47. The van der Waals surface area contributed by atoms with Gasteiger partial charge in [0.05, 0.1) is 10.9 Å². The smallest absolute Gasteiger partial charge is 0.308 e. The van der Waals surface area contributed by atoms with E-state index in [1.54, 1.807) is 23.9 Å². The van der Waals surface area contributed by atoms with Crippen molar-refractivity contribution in [2.75, 3.05) is 0 Å². The number of hydrogen-bond acceptors (Lipinski definition) is 2. The summed E-state index contributed by atoms with van der Waals surface area (Å²) < 4.78 is 1.65. The number of fused-ring (bicyclic) bond motifs is 2. The first kappa shape index (κ1) is 13.5. The zero-order valence-corrected chi connectivity index (χ0v) is 11.9. The molecule has 1 aromatic rings. The molecule has 2 bridgehead atoms. The number of amides is 1. The summed E-state index contributed by atoms with van der Waals surface area (Å²) >= 11 is 5.87. The van der Waals surface area contributed by atoms with Gasteiger partial charge in [-0.2, -0.15) is 0 Å². The third-order valence-electron chi connectivity index (χ3n) is 4.70. The molecule has 0 radical (unpaired) electrons. The largest absolute Gasteiger partial charge is 0.481 e. The van der Waals surface area contributed by atoms with Crippen molar-refractivity contribution in [1.29, 1.82) is 0 Å². The van der Waals surface area contributed by atoms with Crippen molar-refractivity contribution in [2.45, 2.75) is 25.3 Å².